The van der Waals surface area contributed by atoms with Crippen molar-refractivity contribution in [1.29, 1.82) is 0 Å². The number of nitrogens with two attached hydrogens (primary N) is 1. The lowest BCUT2D eigenvalue weighted by atomic mass is 10.1. The number of benzene rings is 1. The van der Waals surface area contributed by atoms with E-state index in [9.17, 15) is 4.39 Å². The maximum atomic E-state index is 13.9. The highest BCUT2D eigenvalue weighted by Crippen LogP contribution is 2.26. The van der Waals surface area contributed by atoms with Gasteiger partial charge in [0.05, 0.1) is 10.6 Å². The molecule has 0 aliphatic carbocycles. The molecule has 0 saturated heterocycles. The van der Waals surface area contributed by atoms with Crippen LogP contribution in [0.2, 0.25) is 5.02 Å². The summed E-state index contributed by atoms with van der Waals surface area (Å²) in [7, 11) is 0. The molecule has 2 aromatic rings. The normalized spacial score (nSPS) is 10.9. The standard InChI is InChI=1S/C13H13ClFN3/c1-7(2)10-6-11(16)18-13(17-10)8-4-3-5-9(14)12(8)15/h3-7H,1-2H3,(H2,16,17,18). The topological polar surface area (TPSA) is 51.8 Å². The molecule has 94 valence electrons. The second-order valence-electron chi connectivity index (χ2n) is 4.30. The van der Waals surface area contributed by atoms with Crippen molar-refractivity contribution in [3.05, 3.63) is 40.8 Å². The Morgan fingerprint density at radius 1 is 1.28 bits per heavy atom. The van der Waals surface area contributed by atoms with Crippen LogP contribution < -0.4 is 5.73 Å². The number of nitrogen functional groups attached to an aromatic ring is 1. The van der Waals surface area contributed by atoms with E-state index in [0.717, 1.165) is 5.69 Å². The van der Waals surface area contributed by atoms with E-state index < -0.39 is 5.82 Å². The van der Waals surface area contributed by atoms with E-state index in [1.807, 2.05) is 13.8 Å². The molecule has 0 fully saturated rings. The number of nitrogens with zero attached hydrogens (tertiary/aromatic N) is 2. The zero-order valence-electron chi connectivity index (χ0n) is 10.1. The van der Waals surface area contributed by atoms with Crippen LogP contribution in [0.15, 0.2) is 24.3 Å². The minimum atomic E-state index is -0.528. The van der Waals surface area contributed by atoms with Gasteiger partial charge in [0, 0.05) is 11.8 Å². The van der Waals surface area contributed by atoms with Gasteiger partial charge in [-0.15, -0.1) is 0 Å². The summed E-state index contributed by atoms with van der Waals surface area (Å²) < 4.78 is 13.9. The van der Waals surface area contributed by atoms with Crippen LogP contribution >= 0.6 is 11.6 Å². The molecule has 0 atom stereocenters. The number of hydrogen-bond acceptors (Lipinski definition) is 3. The zero-order valence-corrected chi connectivity index (χ0v) is 10.9. The molecule has 0 saturated carbocycles. The van der Waals surface area contributed by atoms with Crippen LogP contribution in [0.1, 0.15) is 25.5 Å². The van der Waals surface area contributed by atoms with Crippen LogP contribution in [-0.2, 0) is 0 Å². The first-order valence-corrected chi connectivity index (χ1v) is 5.95. The van der Waals surface area contributed by atoms with E-state index in [1.54, 1.807) is 18.2 Å². The Hall–Kier alpha value is -1.68. The summed E-state index contributed by atoms with van der Waals surface area (Å²) in [6.45, 7) is 3.97. The maximum absolute atomic E-state index is 13.9. The average molecular weight is 266 g/mol. The van der Waals surface area contributed by atoms with E-state index >= 15 is 0 Å². The van der Waals surface area contributed by atoms with Crippen molar-refractivity contribution in [1.82, 2.24) is 9.97 Å². The lowest BCUT2D eigenvalue weighted by molar-refractivity contribution is 0.630. The Kier molecular flexibility index (Phi) is 3.48. The van der Waals surface area contributed by atoms with E-state index in [4.69, 9.17) is 17.3 Å². The number of rotatable bonds is 2. The molecule has 0 radical (unpaired) electrons. The highest BCUT2D eigenvalue weighted by atomic mass is 35.5. The third-order valence-corrected chi connectivity index (χ3v) is 2.84. The number of halogens is 2. The first kappa shape index (κ1) is 12.8. The number of aromatic nitrogens is 2. The fraction of sp³-hybridized carbons (Fsp3) is 0.231. The Morgan fingerprint density at radius 3 is 2.67 bits per heavy atom. The quantitative estimate of drug-likeness (QED) is 0.902. The summed E-state index contributed by atoms with van der Waals surface area (Å²) in [4.78, 5) is 8.37. The van der Waals surface area contributed by atoms with Crippen molar-refractivity contribution in [2.24, 2.45) is 0 Å². The summed E-state index contributed by atoms with van der Waals surface area (Å²) in [5.41, 5.74) is 6.75. The van der Waals surface area contributed by atoms with Crippen LogP contribution in [0.4, 0.5) is 10.2 Å². The Bertz CT molecular complexity index is 584. The second-order valence-corrected chi connectivity index (χ2v) is 4.70. The first-order valence-electron chi connectivity index (χ1n) is 5.58. The fourth-order valence-corrected chi connectivity index (χ4v) is 1.75. The van der Waals surface area contributed by atoms with Gasteiger partial charge in [-0.25, -0.2) is 14.4 Å². The van der Waals surface area contributed by atoms with Crippen molar-refractivity contribution in [3.63, 3.8) is 0 Å². The minimum Gasteiger partial charge on any atom is -0.384 e. The molecule has 0 bridgehead atoms. The van der Waals surface area contributed by atoms with E-state index in [-0.39, 0.29) is 22.3 Å². The van der Waals surface area contributed by atoms with Crippen molar-refractivity contribution in [2.45, 2.75) is 19.8 Å². The van der Waals surface area contributed by atoms with Crippen LogP contribution in [-0.4, -0.2) is 9.97 Å². The molecule has 0 unspecified atom stereocenters. The molecule has 2 N–H and O–H groups in total. The molecule has 1 aromatic heterocycles. The van der Waals surface area contributed by atoms with Crippen molar-refractivity contribution < 1.29 is 4.39 Å². The van der Waals surface area contributed by atoms with Gasteiger partial charge in [0.2, 0.25) is 0 Å². The number of anilines is 1. The predicted octanol–water partition coefficient (Wildman–Crippen LogP) is 3.64. The van der Waals surface area contributed by atoms with E-state index in [0.29, 0.717) is 5.82 Å². The van der Waals surface area contributed by atoms with Gasteiger partial charge >= 0.3 is 0 Å². The highest BCUT2D eigenvalue weighted by Gasteiger charge is 2.13. The summed E-state index contributed by atoms with van der Waals surface area (Å²) in [6.07, 6.45) is 0. The second kappa shape index (κ2) is 4.90. The van der Waals surface area contributed by atoms with Gasteiger partial charge < -0.3 is 5.73 Å². The van der Waals surface area contributed by atoms with Crippen molar-refractivity contribution in [2.75, 3.05) is 5.73 Å². The van der Waals surface area contributed by atoms with Crippen LogP contribution in [0.5, 0.6) is 0 Å². The zero-order chi connectivity index (χ0) is 13.3. The monoisotopic (exact) mass is 265 g/mol. The Labute approximate surface area is 110 Å². The van der Waals surface area contributed by atoms with E-state index in [1.165, 1.54) is 6.07 Å². The third kappa shape index (κ3) is 2.43. The van der Waals surface area contributed by atoms with E-state index in [2.05, 4.69) is 9.97 Å². The van der Waals surface area contributed by atoms with Gasteiger partial charge in [-0.2, -0.15) is 0 Å². The van der Waals surface area contributed by atoms with Gasteiger partial charge in [-0.1, -0.05) is 31.5 Å². The summed E-state index contributed by atoms with van der Waals surface area (Å²) in [5.74, 6) is 0.248. The SMILES string of the molecule is CC(C)c1cc(N)nc(-c2cccc(Cl)c2F)n1. The molecule has 0 spiro atoms. The van der Waals surface area contributed by atoms with Gasteiger partial charge in [0.1, 0.15) is 5.82 Å². The van der Waals surface area contributed by atoms with Gasteiger partial charge in [-0.3, -0.25) is 0 Å². The van der Waals surface area contributed by atoms with Crippen molar-refractivity contribution in [3.8, 4) is 11.4 Å². The summed E-state index contributed by atoms with van der Waals surface area (Å²) in [5, 5.41) is 0.0459. The molecule has 0 aliphatic heterocycles. The molecular formula is C13H13ClFN3. The Balaban J connectivity index is 2.60. The molecular weight excluding hydrogens is 253 g/mol. The van der Waals surface area contributed by atoms with Crippen LogP contribution in [0.25, 0.3) is 11.4 Å². The fourth-order valence-electron chi connectivity index (χ4n) is 1.58. The summed E-state index contributed by atoms with van der Waals surface area (Å²) >= 11 is 5.74. The molecule has 1 aromatic carbocycles. The molecule has 3 nitrogen and oxygen atoms in total. The molecule has 0 aliphatic rings. The lowest BCUT2D eigenvalue weighted by Crippen LogP contribution is -2.02. The molecule has 1 heterocycles. The van der Waals surface area contributed by atoms with Crippen LogP contribution in [0, 0.1) is 5.82 Å². The minimum absolute atomic E-state index is 0.0459. The first-order chi connectivity index (χ1) is 8.49. The molecule has 2 rings (SSSR count). The van der Waals surface area contributed by atoms with Crippen LogP contribution in [0.3, 0.4) is 0 Å². The van der Waals surface area contributed by atoms with Gasteiger partial charge in [-0.05, 0) is 18.1 Å². The molecule has 5 heteroatoms. The molecule has 18 heavy (non-hydrogen) atoms. The number of hydrogen-bond donors (Lipinski definition) is 1. The summed E-state index contributed by atoms with van der Waals surface area (Å²) in [6, 6.07) is 6.41. The predicted molar refractivity (Wildman–Crippen MR) is 70.9 cm³/mol. The maximum Gasteiger partial charge on any atom is 0.164 e. The lowest BCUT2D eigenvalue weighted by Gasteiger charge is -2.09. The van der Waals surface area contributed by atoms with Crippen molar-refractivity contribution >= 4 is 17.4 Å². The molecule has 0 amide bonds. The average Bonchev–Trinajstić information content (AvgIpc) is 2.31. The smallest absolute Gasteiger partial charge is 0.164 e. The third-order valence-electron chi connectivity index (χ3n) is 2.55. The van der Waals surface area contributed by atoms with Gasteiger partial charge in [0.25, 0.3) is 0 Å². The highest BCUT2D eigenvalue weighted by molar-refractivity contribution is 6.31. The Morgan fingerprint density at radius 2 is 2.00 bits per heavy atom. The largest absolute Gasteiger partial charge is 0.384 e. The van der Waals surface area contributed by atoms with Gasteiger partial charge in [0.15, 0.2) is 11.6 Å².